The molecule has 0 heterocycles. The summed E-state index contributed by atoms with van der Waals surface area (Å²) in [5, 5.41) is 0. The van der Waals surface area contributed by atoms with Gasteiger partial charge in [-0.25, -0.2) is 0 Å². The lowest BCUT2D eigenvalue weighted by atomic mass is 9.97. The van der Waals surface area contributed by atoms with Crippen molar-refractivity contribution in [2.45, 2.75) is 30.6 Å². The average Bonchev–Trinajstić information content (AvgIpc) is 2.37. The minimum atomic E-state index is -0.948. The second kappa shape index (κ2) is 5.92. The SMILES string of the molecule is O=C1C=C(CCS(=O)c2ccccc2)CCC1. The van der Waals surface area contributed by atoms with Crippen LogP contribution >= 0.6 is 0 Å². The molecule has 0 fully saturated rings. The van der Waals surface area contributed by atoms with Gasteiger partial charge < -0.3 is 0 Å². The molecule has 2 rings (SSSR count). The highest BCUT2D eigenvalue weighted by Gasteiger charge is 2.11. The molecular formula is C14H16O2S. The van der Waals surface area contributed by atoms with Crippen molar-refractivity contribution in [3.8, 4) is 0 Å². The van der Waals surface area contributed by atoms with Crippen LogP contribution in [0, 0.1) is 0 Å². The summed E-state index contributed by atoms with van der Waals surface area (Å²) in [7, 11) is -0.948. The Hall–Kier alpha value is -1.22. The van der Waals surface area contributed by atoms with Gasteiger partial charge in [0.05, 0.1) is 10.8 Å². The summed E-state index contributed by atoms with van der Waals surface area (Å²) in [6.45, 7) is 0. The van der Waals surface area contributed by atoms with Crippen molar-refractivity contribution in [3.63, 3.8) is 0 Å². The Bertz CT molecular complexity index is 449. The molecule has 0 saturated heterocycles. The molecule has 1 aliphatic carbocycles. The Labute approximate surface area is 104 Å². The molecule has 0 spiro atoms. The predicted octanol–water partition coefficient (Wildman–Crippen LogP) is 2.86. The van der Waals surface area contributed by atoms with E-state index in [1.54, 1.807) is 6.08 Å². The van der Waals surface area contributed by atoms with E-state index in [1.165, 1.54) is 0 Å². The number of hydrogen-bond acceptors (Lipinski definition) is 2. The molecule has 3 heteroatoms. The molecular weight excluding hydrogens is 232 g/mol. The molecule has 17 heavy (non-hydrogen) atoms. The van der Waals surface area contributed by atoms with Crippen LogP contribution in [0.15, 0.2) is 46.9 Å². The Kier molecular flexibility index (Phi) is 4.26. The molecule has 2 nitrogen and oxygen atoms in total. The standard InChI is InChI=1S/C14H16O2S/c15-13-6-4-5-12(11-13)9-10-17(16)14-7-2-1-3-8-14/h1-3,7-8,11H,4-6,9-10H2. The smallest absolute Gasteiger partial charge is 0.155 e. The summed E-state index contributed by atoms with van der Waals surface area (Å²) >= 11 is 0. The van der Waals surface area contributed by atoms with Gasteiger partial charge in [0.2, 0.25) is 0 Å². The van der Waals surface area contributed by atoms with Gasteiger partial charge in [-0.1, -0.05) is 23.8 Å². The monoisotopic (exact) mass is 248 g/mol. The third kappa shape index (κ3) is 3.63. The number of hydrogen-bond donors (Lipinski definition) is 0. The van der Waals surface area contributed by atoms with Crippen molar-refractivity contribution in [2.75, 3.05) is 5.75 Å². The quantitative estimate of drug-likeness (QED) is 0.821. The molecule has 0 bridgehead atoms. The van der Waals surface area contributed by atoms with Gasteiger partial charge in [0.25, 0.3) is 0 Å². The third-order valence-electron chi connectivity index (χ3n) is 2.90. The highest BCUT2D eigenvalue weighted by molar-refractivity contribution is 7.85. The first-order valence-corrected chi connectivity index (χ1v) is 7.23. The number of benzene rings is 1. The predicted molar refractivity (Wildman–Crippen MR) is 69.3 cm³/mol. The zero-order valence-electron chi connectivity index (χ0n) is 9.72. The third-order valence-corrected chi connectivity index (χ3v) is 4.27. The molecule has 1 atom stereocenters. The summed E-state index contributed by atoms with van der Waals surface area (Å²) in [6, 6.07) is 9.49. The number of carbonyl (C=O) groups is 1. The molecule has 1 aromatic rings. The van der Waals surface area contributed by atoms with Gasteiger partial charge in [0.15, 0.2) is 5.78 Å². The largest absolute Gasteiger partial charge is 0.295 e. The molecule has 0 amide bonds. The molecule has 0 radical (unpaired) electrons. The molecule has 0 saturated carbocycles. The van der Waals surface area contributed by atoms with E-state index in [9.17, 15) is 9.00 Å². The van der Waals surface area contributed by atoms with Crippen LogP contribution in [-0.4, -0.2) is 15.7 Å². The first-order valence-electron chi connectivity index (χ1n) is 5.91. The van der Waals surface area contributed by atoms with E-state index >= 15 is 0 Å². The van der Waals surface area contributed by atoms with E-state index in [4.69, 9.17) is 0 Å². The van der Waals surface area contributed by atoms with Crippen molar-refractivity contribution in [3.05, 3.63) is 42.0 Å². The zero-order chi connectivity index (χ0) is 12.1. The summed E-state index contributed by atoms with van der Waals surface area (Å²) in [6.07, 6.45) is 5.12. The fraction of sp³-hybridized carbons (Fsp3) is 0.357. The van der Waals surface area contributed by atoms with Gasteiger partial charge in [-0.05, 0) is 37.5 Å². The summed E-state index contributed by atoms with van der Waals surface area (Å²) in [5.41, 5.74) is 1.16. The minimum absolute atomic E-state index is 0.219. The fourth-order valence-electron chi connectivity index (χ4n) is 1.97. The van der Waals surface area contributed by atoms with Crippen LogP contribution in [-0.2, 0) is 15.6 Å². The number of carbonyl (C=O) groups excluding carboxylic acids is 1. The van der Waals surface area contributed by atoms with Crippen LogP contribution in [0.2, 0.25) is 0 Å². The van der Waals surface area contributed by atoms with E-state index in [1.807, 2.05) is 30.3 Å². The van der Waals surface area contributed by atoms with Crippen molar-refractivity contribution in [1.82, 2.24) is 0 Å². The normalized spacial score (nSPS) is 17.6. The maximum Gasteiger partial charge on any atom is 0.155 e. The van der Waals surface area contributed by atoms with Crippen molar-refractivity contribution in [1.29, 1.82) is 0 Å². The maximum atomic E-state index is 12.0. The molecule has 1 aromatic carbocycles. The highest BCUT2D eigenvalue weighted by atomic mass is 32.2. The van der Waals surface area contributed by atoms with E-state index < -0.39 is 10.8 Å². The maximum absolute atomic E-state index is 12.0. The van der Waals surface area contributed by atoms with Crippen LogP contribution in [0.3, 0.4) is 0 Å². The van der Waals surface area contributed by atoms with Gasteiger partial charge in [-0.15, -0.1) is 0 Å². The average molecular weight is 248 g/mol. The van der Waals surface area contributed by atoms with Gasteiger partial charge in [-0.3, -0.25) is 9.00 Å². The van der Waals surface area contributed by atoms with E-state index in [0.29, 0.717) is 12.2 Å². The Morgan fingerprint density at radius 2 is 1.88 bits per heavy atom. The van der Waals surface area contributed by atoms with Gasteiger partial charge in [0, 0.05) is 17.1 Å². The highest BCUT2D eigenvalue weighted by Crippen LogP contribution is 2.19. The van der Waals surface area contributed by atoms with E-state index in [2.05, 4.69) is 0 Å². The van der Waals surface area contributed by atoms with E-state index in [0.717, 1.165) is 29.7 Å². The minimum Gasteiger partial charge on any atom is -0.295 e. The molecule has 1 unspecified atom stereocenters. The summed E-state index contributed by atoms with van der Waals surface area (Å²) in [5.74, 6) is 0.833. The Balaban J connectivity index is 1.91. The van der Waals surface area contributed by atoms with E-state index in [-0.39, 0.29) is 5.78 Å². The first kappa shape index (κ1) is 12.2. The lowest BCUT2D eigenvalue weighted by molar-refractivity contribution is -0.115. The second-order valence-corrected chi connectivity index (χ2v) is 5.81. The van der Waals surface area contributed by atoms with Crippen LogP contribution in [0.4, 0.5) is 0 Å². The summed E-state index contributed by atoms with van der Waals surface area (Å²) in [4.78, 5) is 12.1. The lowest BCUT2D eigenvalue weighted by Gasteiger charge is -2.11. The molecule has 0 aromatic heterocycles. The molecule has 90 valence electrons. The molecule has 0 aliphatic heterocycles. The number of ketones is 1. The van der Waals surface area contributed by atoms with Crippen molar-refractivity contribution in [2.24, 2.45) is 0 Å². The van der Waals surface area contributed by atoms with Crippen LogP contribution in [0.1, 0.15) is 25.7 Å². The van der Waals surface area contributed by atoms with Crippen LogP contribution in [0.25, 0.3) is 0 Å². The topological polar surface area (TPSA) is 34.1 Å². The second-order valence-electron chi connectivity index (χ2n) is 4.24. The molecule has 1 aliphatic rings. The number of allylic oxidation sites excluding steroid dienone is 2. The van der Waals surface area contributed by atoms with Crippen LogP contribution < -0.4 is 0 Å². The van der Waals surface area contributed by atoms with Crippen molar-refractivity contribution < 1.29 is 9.00 Å². The molecule has 0 N–H and O–H groups in total. The number of rotatable bonds is 4. The van der Waals surface area contributed by atoms with Gasteiger partial charge >= 0.3 is 0 Å². The van der Waals surface area contributed by atoms with Gasteiger partial charge in [0.1, 0.15) is 0 Å². The first-order chi connectivity index (χ1) is 8.25. The van der Waals surface area contributed by atoms with Crippen molar-refractivity contribution >= 4 is 16.6 Å². The fourth-order valence-corrected chi connectivity index (χ4v) is 3.12. The summed E-state index contributed by atoms with van der Waals surface area (Å²) < 4.78 is 12.0. The van der Waals surface area contributed by atoms with Gasteiger partial charge in [-0.2, -0.15) is 0 Å². The Morgan fingerprint density at radius 1 is 1.12 bits per heavy atom. The zero-order valence-corrected chi connectivity index (χ0v) is 10.5. The lowest BCUT2D eigenvalue weighted by Crippen LogP contribution is -2.06. The Morgan fingerprint density at radius 3 is 2.59 bits per heavy atom. The van der Waals surface area contributed by atoms with Crippen LogP contribution in [0.5, 0.6) is 0 Å².